The highest BCUT2D eigenvalue weighted by Gasteiger charge is 2.16. The molecule has 1 aromatic heterocycles. The van der Waals surface area contributed by atoms with Crippen LogP contribution in [0.5, 0.6) is 0 Å². The van der Waals surface area contributed by atoms with E-state index in [0.717, 1.165) is 56.6 Å². The molecule has 0 aliphatic heterocycles. The van der Waals surface area contributed by atoms with Crippen molar-refractivity contribution in [1.29, 1.82) is 0 Å². The topological polar surface area (TPSA) is 44.0 Å². The number of rotatable bonds is 12. The van der Waals surface area contributed by atoms with Crippen LogP contribution in [0.4, 0.5) is 5.82 Å². The average Bonchev–Trinajstić information content (AvgIpc) is 2.87. The number of hydrogen-bond donors (Lipinski definition) is 2. The van der Waals surface area contributed by atoms with Gasteiger partial charge in [0.25, 0.3) is 0 Å². The lowest BCUT2D eigenvalue weighted by Gasteiger charge is -2.26. The SMILES string of the molecule is C=CCCCCN(CCCC)C(=C)c1[nH]c(Cl)nc1NC=C. The molecule has 4 nitrogen and oxygen atoms in total. The molecule has 0 bridgehead atoms. The van der Waals surface area contributed by atoms with Crippen LogP contribution in [0.2, 0.25) is 5.28 Å². The third-order valence-corrected chi connectivity index (χ3v) is 3.63. The number of aromatic nitrogens is 2. The zero-order valence-electron chi connectivity index (χ0n) is 13.5. The smallest absolute Gasteiger partial charge is 0.202 e. The minimum Gasteiger partial charge on any atom is -0.370 e. The highest BCUT2D eigenvalue weighted by Crippen LogP contribution is 2.26. The van der Waals surface area contributed by atoms with Crippen LogP contribution in [0.3, 0.4) is 0 Å². The second-order valence-electron chi connectivity index (χ2n) is 5.17. The molecule has 0 aliphatic carbocycles. The van der Waals surface area contributed by atoms with Crippen LogP contribution < -0.4 is 5.32 Å². The fraction of sp³-hybridized carbons (Fsp3) is 0.471. The number of nitrogens with zero attached hydrogens (tertiary/aromatic N) is 2. The van der Waals surface area contributed by atoms with Crippen molar-refractivity contribution in [1.82, 2.24) is 14.9 Å². The van der Waals surface area contributed by atoms with Gasteiger partial charge in [0.1, 0.15) is 5.69 Å². The summed E-state index contributed by atoms with van der Waals surface area (Å²) in [4.78, 5) is 9.59. The zero-order chi connectivity index (χ0) is 16.4. The molecule has 0 aliphatic rings. The number of anilines is 1. The molecule has 0 fully saturated rings. The number of unbranched alkanes of at least 4 members (excludes halogenated alkanes) is 3. The van der Waals surface area contributed by atoms with E-state index in [1.807, 2.05) is 6.08 Å². The van der Waals surface area contributed by atoms with Gasteiger partial charge in [-0.3, -0.25) is 0 Å². The highest BCUT2D eigenvalue weighted by molar-refractivity contribution is 6.28. The van der Waals surface area contributed by atoms with Gasteiger partial charge in [0, 0.05) is 13.1 Å². The lowest BCUT2D eigenvalue weighted by atomic mass is 10.2. The van der Waals surface area contributed by atoms with Gasteiger partial charge in [-0.1, -0.05) is 32.6 Å². The summed E-state index contributed by atoms with van der Waals surface area (Å²) in [7, 11) is 0. The number of imidazole rings is 1. The molecule has 2 N–H and O–H groups in total. The van der Waals surface area contributed by atoms with E-state index < -0.39 is 0 Å². The van der Waals surface area contributed by atoms with Gasteiger partial charge in [0.15, 0.2) is 5.82 Å². The number of aromatic amines is 1. The molecule has 122 valence electrons. The number of H-pyrrole nitrogens is 1. The lowest BCUT2D eigenvalue weighted by molar-refractivity contribution is 0.376. The third kappa shape index (κ3) is 5.60. The summed E-state index contributed by atoms with van der Waals surface area (Å²) in [5.41, 5.74) is 1.74. The molecule has 0 atom stereocenters. The molecule has 5 heteroatoms. The highest BCUT2D eigenvalue weighted by atomic mass is 35.5. The van der Waals surface area contributed by atoms with Crippen molar-refractivity contribution in [3.63, 3.8) is 0 Å². The number of nitrogens with one attached hydrogen (secondary N) is 2. The molecule has 1 aromatic rings. The second kappa shape index (κ2) is 10.1. The Bertz CT molecular complexity index is 493. The predicted molar refractivity (Wildman–Crippen MR) is 97.0 cm³/mol. The van der Waals surface area contributed by atoms with E-state index in [4.69, 9.17) is 11.6 Å². The molecule has 1 heterocycles. The quantitative estimate of drug-likeness (QED) is 0.418. The predicted octanol–water partition coefficient (Wildman–Crippen LogP) is 5.05. The third-order valence-electron chi connectivity index (χ3n) is 3.45. The van der Waals surface area contributed by atoms with Crippen LogP contribution in [-0.2, 0) is 0 Å². The standard InChI is InChI=1S/C17H27ClN4/c1-5-8-10-11-13-22(12-9-6-2)14(4)15-16(19-7-3)21-17(18)20-15/h5,7,19H,1,3-4,6,8-13H2,2H3,(H,20,21). The lowest BCUT2D eigenvalue weighted by Crippen LogP contribution is -2.24. The normalized spacial score (nSPS) is 10.3. The van der Waals surface area contributed by atoms with E-state index in [1.54, 1.807) is 6.20 Å². The minimum absolute atomic E-state index is 0.350. The fourth-order valence-electron chi connectivity index (χ4n) is 2.23. The summed E-state index contributed by atoms with van der Waals surface area (Å²) >= 11 is 5.99. The van der Waals surface area contributed by atoms with Crippen LogP contribution in [0, 0.1) is 0 Å². The largest absolute Gasteiger partial charge is 0.370 e. The summed E-state index contributed by atoms with van der Waals surface area (Å²) in [5.74, 6) is 0.664. The fourth-order valence-corrected chi connectivity index (χ4v) is 2.41. The average molecular weight is 323 g/mol. The maximum absolute atomic E-state index is 5.99. The maximum Gasteiger partial charge on any atom is 0.202 e. The summed E-state index contributed by atoms with van der Waals surface area (Å²) in [6.07, 6.45) is 9.13. The van der Waals surface area contributed by atoms with Crippen molar-refractivity contribution < 1.29 is 0 Å². The Morgan fingerprint density at radius 2 is 2.05 bits per heavy atom. The van der Waals surface area contributed by atoms with E-state index in [1.165, 1.54) is 0 Å². The van der Waals surface area contributed by atoms with Crippen molar-refractivity contribution in [2.45, 2.75) is 39.0 Å². The Morgan fingerprint density at radius 3 is 2.68 bits per heavy atom. The first-order chi connectivity index (χ1) is 10.6. The van der Waals surface area contributed by atoms with E-state index in [9.17, 15) is 0 Å². The van der Waals surface area contributed by atoms with E-state index in [-0.39, 0.29) is 0 Å². The van der Waals surface area contributed by atoms with Crippen molar-refractivity contribution in [2.24, 2.45) is 0 Å². The summed E-state index contributed by atoms with van der Waals surface area (Å²) in [6, 6.07) is 0. The first-order valence-corrected chi connectivity index (χ1v) is 8.19. The van der Waals surface area contributed by atoms with Crippen LogP contribution in [-0.4, -0.2) is 28.0 Å². The molecule has 0 spiro atoms. The van der Waals surface area contributed by atoms with Gasteiger partial charge >= 0.3 is 0 Å². The molecule has 0 unspecified atom stereocenters. The van der Waals surface area contributed by atoms with Gasteiger partial charge in [-0.15, -0.1) is 6.58 Å². The molecule has 0 aromatic carbocycles. The molecule has 0 radical (unpaired) electrons. The van der Waals surface area contributed by atoms with Gasteiger partial charge in [0.2, 0.25) is 5.28 Å². The summed E-state index contributed by atoms with van der Waals surface area (Å²) in [6.45, 7) is 15.8. The van der Waals surface area contributed by atoms with Crippen LogP contribution >= 0.6 is 11.6 Å². The van der Waals surface area contributed by atoms with Gasteiger partial charge in [-0.25, -0.2) is 0 Å². The van der Waals surface area contributed by atoms with E-state index in [0.29, 0.717) is 11.1 Å². The van der Waals surface area contributed by atoms with Crippen molar-refractivity contribution in [3.05, 3.63) is 43.0 Å². The molecule has 0 saturated carbocycles. The second-order valence-corrected chi connectivity index (χ2v) is 5.53. The minimum atomic E-state index is 0.350. The summed E-state index contributed by atoms with van der Waals surface area (Å²) in [5, 5.41) is 3.35. The van der Waals surface area contributed by atoms with Crippen molar-refractivity contribution in [2.75, 3.05) is 18.4 Å². The maximum atomic E-state index is 5.99. The Labute approximate surface area is 139 Å². The monoisotopic (exact) mass is 322 g/mol. The molecular formula is C17H27ClN4. The van der Waals surface area contributed by atoms with Crippen molar-refractivity contribution in [3.8, 4) is 0 Å². The van der Waals surface area contributed by atoms with Gasteiger partial charge in [0.05, 0.1) is 5.70 Å². The first-order valence-electron chi connectivity index (χ1n) is 7.82. The summed E-state index contributed by atoms with van der Waals surface area (Å²) < 4.78 is 0. The Kier molecular flexibility index (Phi) is 8.44. The van der Waals surface area contributed by atoms with Crippen molar-refractivity contribution >= 4 is 23.1 Å². The molecular weight excluding hydrogens is 296 g/mol. The Hall–Kier alpha value is -1.68. The Balaban J connectivity index is 2.80. The van der Waals surface area contributed by atoms with E-state index in [2.05, 4.69) is 46.8 Å². The van der Waals surface area contributed by atoms with Crippen LogP contribution in [0.25, 0.3) is 5.70 Å². The van der Waals surface area contributed by atoms with Crippen LogP contribution in [0.1, 0.15) is 44.7 Å². The Morgan fingerprint density at radius 1 is 1.32 bits per heavy atom. The van der Waals surface area contributed by atoms with E-state index >= 15 is 0 Å². The number of hydrogen-bond acceptors (Lipinski definition) is 3. The van der Waals surface area contributed by atoms with Gasteiger partial charge in [-0.2, -0.15) is 4.98 Å². The first kappa shape index (κ1) is 18.4. The van der Waals surface area contributed by atoms with Crippen LogP contribution in [0.15, 0.2) is 32.0 Å². The molecule has 1 rings (SSSR count). The molecule has 22 heavy (non-hydrogen) atoms. The number of halogens is 1. The molecule has 0 amide bonds. The molecule has 0 saturated heterocycles. The van der Waals surface area contributed by atoms with Gasteiger partial charge in [-0.05, 0) is 43.5 Å². The number of allylic oxidation sites excluding steroid dienone is 1. The zero-order valence-corrected chi connectivity index (χ0v) is 14.3. The van der Waals surface area contributed by atoms with Gasteiger partial charge < -0.3 is 15.2 Å².